The molecule has 2 aromatic heterocycles. The number of hydrogen-bond acceptors (Lipinski definition) is 5. The van der Waals surface area contributed by atoms with Gasteiger partial charge in [0.15, 0.2) is 5.82 Å². The van der Waals surface area contributed by atoms with Crippen LogP contribution in [-0.4, -0.2) is 30.5 Å². The summed E-state index contributed by atoms with van der Waals surface area (Å²) in [7, 11) is 1.51. The predicted molar refractivity (Wildman–Crippen MR) is 82.8 cm³/mol. The quantitative estimate of drug-likeness (QED) is 0.900. The Kier molecular flexibility index (Phi) is 4.50. The number of rotatable bonds is 4. The summed E-state index contributed by atoms with van der Waals surface area (Å²) in [6.45, 7) is 0.292. The molecule has 122 valence electrons. The van der Waals surface area contributed by atoms with E-state index in [0.717, 1.165) is 23.3 Å². The van der Waals surface area contributed by atoms with Crippen molar-refractivity contribution in [3.8, 4) is 0 Å². The molecule has 8 heteroatoms. The Morgan fingerprint density at radius 2 is 2.09 bits per heavy atom. The average Bonchev–Trinajstić information content (AvgIpc) is 3.04. The van der Waals surface area contributed by atoms with E-state index < -0.39 is 0 Å². The molecule has 8 nitrogen and oxygen atoms in total. The first-order chi connectivity index (χ1) is 11.1. The number of aromatic nitrogens is 5. The molecule has 1 saturated carbocycles. The zero-order valence-electron chi connectivity index (χ0n) is 13.1. The maximum absolute atomic E-state index is 12.1. The summed E-state index contributed by atoms with van der Waals surface area (Å²) in [6.07, 6.45) is 7.71. The van der Waals surface area contributed by atoms with Gasteiger partial charge in [0.05, 0.1) is 6.54 Å². The molecule has 0 spiro atoms. The number of amides is 1. The van der Waals surface area contributed by atoms with Gasteiger partial charge < -0.3 is 9.88 Å². The molecule has 23 heavy (non-hydrogen) atoms. The van der Waals surface area contributed by atoms with Crippen LogP contribution in [0, 0.1) is 0 Å². The lowest BCUT2D eigenvalue weighted by molar-refractivity contribution is 0.0941. The largest absolute Gasteiger partial charge is 0.343 e. The van der Waals surface area contributed by atoms with E-state index in [1.807, 2.05) is 0 Å². The van der Waals surface area contributed by atoms with E-state index in [1.54, 1.807) is 6.33 Å². The van der Waals surface area contributed by atoms with Crippen LogP contribution in [0.5, 0.6) is 0 Å². The minimum absolute atomic E-state index is 0.204. The summed E-state index contributed by atoms with van der Waals surface area (Å²) >= 11 is 0. The van der Waals surface area contributed by atoms with Gasteiger partial charge in [0.25, 0.3) is 11.5 Å². The molecule has 1 fully saturated rings. The molecule has 0 unspecified atom stereocenters. The van der Waals surface area contributed by atoms with E-state index in [4.69, 9.17) is 0 Å². The van der Waals surface area contributed by atoms with E-state index in [1.165, 1.54) is 38.4 Å². The summed E-state index contributed by atoms with van der Waals surface area (Å²) in [5.74, 6) is 0.411. The van der Waals surface area contributed by atoms with Crippen LogP contribution in [0.1, 0.15) is 54.5 Å². The first-order valence-electron chi connectivity index (χ1n) is 7.86. The van der Waals surface area contributed by atoms with Gasteiger partial charge in [0, 0.05) is 19.2 Å². The van der Waals surface area contributed by atoms with Crippen LogP contribution < -0.4 is 10.9 Å². The molecule has 1 N–H and O–H groups in total. The number of nitrogens with zero attached hydrogens (tertiary/aromatic N) is 5. The number of hydrogen-bond donors (Lipinski definition) is 1. The SMILES string of the molecule is Cn1nc(C(=O)NCc2nncn2C2CCCCC2)ccc1=O. The van der Waals surface area contributed by atoms with Crippen LogP contribution >= 0.6 is 0 Å². The van der Waals surface area contributed by atoms with Crippen LogP contribution in [0.25, 0.3) is 0 Å². The topological polar surface area (TPSA) is 94.7 Å². The molecule has 2 heterocycles. The highest BCUT2D eigenvalue weighted by Gasteiger charge is 2.19. The molecule has 3 rings (SSSR count). The van der Waals surface area contributed by atoms with Crippen molar-refractivity contribution in [3.05, 3.63) is 40.3 Å². The molecule has 1 aliphatic carbocycles. The maximum Gasteiger partial charge on any atom is 0.272 e. The van der Waals surface area contributed by atoms with Crippen LogP contribution in [0.4, 0.5) is 0 Å². The first-order valence-corrected chi connectivity index (χ1v) is 7.86. The van der Waals surface area contributed by atoms with E-state index >= 15 is 0 Å². The lowest BCUT2D eigenvalue weighted by Gasteiger charge is -2.23. The molecule has 0 radical (unpaired) electrons. The monoisotopic (exact) mass is 316 g/mol. The molecule has 0 aromatic carbocycles. The van der Waals surface area contributed by atoms with Crippen LogP contribution in [0.3, 0.4) is 0 Å². The molecule has 0 aliphatic heterocycles. The number of nitrogens with one attached hydrogen (secondary N) is 1. The molecule has 0 bridgehead atoms. The third kappa shape index (κ3) is 3.46. The van der Waals surface area contributed by atoms with Crippen molar-refractivity contribution in [3.63, 3.8) is 0 Å². The van der Waals surface area contributed by atoms with Crippen LogP contribution in [0.2, 0.25) is 0 Å². The molecule has 0 atom stereocenters. The van der Waals surface area contributed by atoms with Gasteiger partial charge in [-0.05, 0) is 18.9 Å². The molecular formula is C15H20N6O2. The molecule has 1 aliphatic rings. The number of carbonyl (C=O) groups excluding carboxylic acids is 1. The number of aryl methyl sites for hydroxylation is 1. The fraction of sp³-hybridized carbons (Fsp3) is 0.533. The molecule has 0 saturated heterocycles. The summed E-state index contributed by atoms with van der Waals surface area (Å²) in [5.41, 5.74) is -0.0468. The van der Waals surface area contributed by atoms with Crippen molar-refractivity contribution in [2.75, 3.05) is 0 Å². The van der Waals surface area contributed by atoms with Gasteiger partial charge in [-0.15, -0.1) is 10.2 Å². The summed E-state index contributed by atoms with van der Waals surface area (Å²) in [4.78, 5) is 23.4. The molecular weight excluding hydrogens is 296 g/mol. The Bertz CT molecular complexity index is 744. The zero-order valence-corrected chi connectivity index (χ0v) is 13.1. The first kappa shape index (κ1) is 15.4. The standard InChI is InChI=1S/C15H20N6O2/c1-20-14(22)8-7-12(19-20)15(23)16-9-13-18-17-10-21(13)11-5-3-2-4-6-11/h7-8,10-11H,2-6,9H2,1H3,(H,16,23). The number of carbonyl (C=O) groups is 1. The van der Waals surface area contributed by atoms with Crippen molar-refractivity contribution >= 4 is 5.91 Å². The van der Waals surface area contributed by atoms with Gasteiger partial charge in [0.2, 0.25) is 0 Å². The lowest BCUT2D eigenvalue weighted by Crippen LogP contribution is -2.29. The van der Waals surface area contributed by atoms with Crippen molar-refractivity contribution < 1.29 is 4.79 Å². The Morgan fingerprint density at radius 3 is 2.83 bits per heavy atom. The third-order valence-electron chi connectivity index (χ3n) is 4.22. The fourth-order valence-electron chi connectivity index (χ4n) is 2.93. The highest BCUT2D eigenvalue weighted by Crippen LogP contribution is 2.28. The van der Waals surface area contributed by atoms with Gasteiger partial charge in [-0.2, -0.15) is 5.10 Å². The second kappa shape index (κ2) is 6.72. The van der Waals surface area contributed by atoms with Crippen molar-refractivity contribution in [2.45, 2.75) is 44.7 Å². The van der Waals surface area contributed by atoms with Gasteiger partial charge >= 0.3 is 0 Å². The van der Waals surface area contributed by atoms with Gasteiger partial charge in [-0.3, -0.25) is 9.59 Å². The maximum atomic E-state index is 12.1. The Labute approximate surface area is 133 Å². The van der Waals surface area contributed by atoms with Gasteiger partial charge in [0.1, 0.15) is 12.0 Å². The Hall–Kier alpha value is -2.51. The smallest absolute Gasteiger partial charge is 0.272 e. The minimum Gasteiger partial charge on any atom is -0.343 e. The summed E-state index contributed by atoms with van der Waals surface area (Å²) in [5, 5.41) is 14.8. The lowest BCUT2D eigenvalue weighted by atomic mass is 9.95. The van der Waals surface area contributed by atoms with E-state index in [2.05, 4.69) is 25.2 Å². The molecule has 2 aromatic rings. The van der Waals surface area contributed by atoms with Gasteiger partial charge in [-0.25, -0.2) is 4.68 Å². The van der Waals surface area contributed by atoms with Crippen LogP contribution in [0.15, 0.2) is 23.3 Å². The third-order valence-corrected chi connectivity index (χ3v) is 4.22. The van der Waals surface area contributed by atoms with E-state index in [0.29, 0.717) is 12.6 Å². The van der Waals surface area contributed by atoms with Gasteiger partial charge in [-0.1, -0.05) is 19.3 Å². The van der Waals surface area contributed by atoms with Crippen molar-refractivity contribution in [1.29, 1.82) is 0 Å². The zero-order chi connectivity index (χ0) is 16.2. The van der Waals surface area contributed by atoms with Crippen molar-refractivity contribution in [2.24, 2.45) is 7.05 Å². The fourth-order valence-corrected chi connectivity index (χ4v) is 2.93. The Morgan fingerprint density at radius 1 is 1.30 bits per heavy atom. The molecule has 1 amide bonds. The second-order valence-electron chi connectivity index (χ2n) is 5.81. The average molecular weight is 316 g/mol. The summed E-state index contributed by atoms with van der Waals surface area (Å²) in [6, 6.07) is 3.16. The van der Waals surface area contributed by atoms with Crippen LogP contribution in [-0.2, 0) is 13.6 Å². The highest BCUT2D eigenvalue weighted by atomic mass is 16.2. The highest BCUT2D eigenvalue weighted by molar-refractivity contribution is 5.91. The van der Waals surface area contributed by atoms with E-state index in [9.17, 15) is 9.59 Å². The second-order valence-corrected chi connectivity index (χ2v) is 5.81. The minimum atomic E-state index is -0.334. The summed E-state index contributed by atoms with van der Waals surface area (Å²) < 4.78 is 3.20. The normalized spacial score (nSPS) is 15.5. The van der Waals surface area contributed by atoms with E-state index in [-0.39, 0.29) is 17.2 Å². The predicted octanol–water partition coefficient (Wildman–Crippen LogP) is 0.807. The Balaban J connectivity index is 1.66. The van der Waals surface area contributed by atoms with Crippen molar-refractivity contribution in [1.82, 2.24) is 29.9 Å².